The minimum atomic E-state index is -1.23. The molecule has 2 aromatic rings. The Morgan fingerprint density at radius 2 is 2.15 bits per heavy atom. The second kappa shape index (κ2) is 10.8. The van der Waals surface area contributed by atoms with Crippen LogP contribution < -0.4 is 10.6 Å². The highest BCUT2D eigenvalue weighted by molar-refractivity contribution is 5.85. The predicted octanol–water partition coefficient (Wildman–Crippen LogP) is 4.19. The van der Waals surface area contributed by atoms with E-state index in [9.17, 15) is 5.26 Å². The lowest BCUT2D eigenvalue weighted by Crippen LogP contribution is -2.65. The summed E-state index contributed by atoms with van der Waals surface area (Å²) in [6.45, 7) is 9.19. The topological polar surface area (TPSA) is 117 Å². The van der Waals surface area contributed by atoms with Crippen LogP contribution >= 0.6 is 0 Å². The maximum absolute atomic E-state index is 15.4. The minimum absolute atomic E-state index is 0.121. The van der Waals surface area contributed by atoms with Crippen LogP contribution in [-0.4, -0.2) is 73.7 Å². The van der Waals surface area contributed by atoms with Gasteiger partial charge in [0.15, 0.2) is 5.54 Å². The fraction of sp³-hybridized carbons (Fsp3) is 0.519. The number of aromatic nitrogens is 5. The van der Waals surface area contributed by atoms with Gasteiger partial charge in [-0.25, -0.2) is 18.7 Å². The molecular weight excluding hydrogens is 504 g/mol. The Morgan fingerprint density at radius 1 is 1.36 bits per heavy atom. The maximum Gasteiger partial charge on any atom is 0.243 e. The highest BCUT2D eigenvalue weighted by Gasteiger charge is 2.48. The van der Waals surface area contributed by atoms with Crippen molar-refractivity contribution in [2.45, 2.75) is 64.3 Å². The molecule has 2 N–H and O–H groups in total. The summed E-state index contributed by atoms with van der Waals surface area (Å²) < 4.78 is 37.7. The predicted molar refractivity (Wildman–Crippen MR) is 144 cm³/mol. The Labute approximate surface area is 226 Å². The first-order chi connectivity index (χ1) is 18.8. The first-order valence-electron chi connectivity index (χ1n) is 13.2. The lowest BCUT2D eigenvalue weighted by atomic mass is 9.92. The van der Waals surface area contributed by atoms with Gasteiger partial charge in [0, 0.05) is 19.1 Å². The number of halogens is 2. The Hall–Kier alpha value is -3.69. The van der Waals surface area contributed by atoms with Crippen molar-refractivity contribution in [3.05, 3.63) is 47.1 Å². The number of aryl methyl sites for hydroxylation is 1. The lowest BCUT2D eigenvalue weighted by molar-refractivity contribution is -0.121. The Morgan fingerprint density at radius 3 is 2.74 bits per heavy atom. The summed E-state index contributed by atoms with van der Waals surface area (Å²) in [6, 6.07) is 1.90. The van der Waals surface area contributed by atoms with Crippen LogP contribution in [0.3, 0.4) is 0 Å². The first kappa shape index (κ1) is 26.9. The molecule has 0 bridgehead atoms. The van der Waals surface area contributed by atoms with Gasteiger partial charge < -0.3 is 19.9 Å². The average Bonchev–Trinajstić information content (AvgIpc) is 3.22. The van der Waals surface area contributed by atoms with Gasteiger partial charge in [-0.1, -0.05) is 6.92 Å². The monoisotopic (exact) mass is 537 g/mol. The van der Waals surface area contributed by atoms with Crippen LogP contribution in [-0.2, 0) is 4.74 Å². The van der Waals surface area contributed by atoms with E-state index in [4.69, 9.17) is 4.74 Å². The molecule has 2 saturated heterocycles. The van der Waals surface area contributed by atoms with Crippen LogP contribution in [0.4, 0.5) is 20.5 Å². The van der Waals surface area contributed by atoms with E-state index in [1.165, 1.54) is 12.3 Å². The Bertz CT molecular complexity index is 1350. The van der Waals surface area contributed by atoms with Gasteiger partial charge in [-0.15, -0.1) is 10.2 Å². The van der Waals surface area contributed by atoms with Crippen molar-refractivity contribution >= 4 is 23.4 Å². The van der Waals surface area contributed by atoms with E-state index in [1.54, 1.807) is 6.08 Å². The van der Waals surface area contributed by atoms with Crippen molar-refractivity contribution in [3.8, 4) is 6.07 Å². The smallest absolute Gasteiger partial charge is 0.243 e. The van der Waals surface area contributed by atoms with Crippen molar-refractivity contribution < 1.29 is 13.5 Å². The van der Waals surface area contributed by atoms with Crippen LogP contribution in [0, 0.1) is 18.3 Å². The number of nitrogens with zero attached hydrogens (tertiary/aromatic N) is 7. The molecule has 206 valence electrons. The molecule has 3 aliphatic rings. The lowest BCUT2D eigenvalue weighted by Gasteiger charge is -2.48. The van der Waals surface area contributed by atoms with Crippen molar-refractivity contribution in [1.82, 2.24) is 29.6 Å². The zero-order valence-corrected chi connectivity index (χ0v) is 22.6. The van der Waals surface area contributed by atoms with E-state index < -0.39 is 23.6 Å². The molecule has 0 aliphatic carbocycles. The second-order valence-corrected chi connectivity index (χ2v) is 10.4. The summed E-state index contributed by atoms with van der Waals surface area (Å²) in [5, 5.41) is 24.3. The number of hydrogen-bond acceptors (Lipinski definition) is 9. The van der Waals surface area contributed by atoms with Gasteiger partial charge in [-0.3, -0.25) is 4.90 Å². The third-order valence-corrected chi connectivity index (χ3v) is 7.35. The van der Waals surface area contributed by atoms with Gasteiger partial charge in [0.05, 0.1) is 42.8 Å². The Kier molecular flexibility index (Phi) is 7.46. The number of piperidine rings is 1. The third-order valence-electron chi connectivity index (χ3n) is 7.35. The summed E-state index contributed by atoms with van der Waals surface area (Å²) in [5.74, 6) is 1.36. The summed E-state index contributed by atoms with van der Waals surface area (Å²) in [5.41, 5.74) is 1.05. The largest absolute Gasteiger partial charge is 0.375 e. The molecule has 5 rings (SSSR count). The number of ether oxygens (including phenoxy) is 1. The molecule has 0 radical (unpaired) electrons. The number of hydrogen-bond donors (Lipinski definition) is 2. The van der Waals surface area contributed by atoms with Crippen LogP contribution in [0.25, 0.3) is 11.6 Å². The van der Waals surface area contributed by atoms with E-state index >= 15 is 8.78 Å². The molecule has 2 aromatic heterocycles. The molecular formula is C27H33F2N9O. The summed E-state index contributed by atoms with van der Waals surface area (Å²) in [6.07, 6.45) is 6.28. The number of fused-ring (bicyclic) bond motifs is 1. The number of anilines is 2. The van der Waals surface area contributed by atoms with Gasteiger partial charge in [-0.05, 0) is 51.8 Å². The minimum Gasteiger partial charge on any atom is -0.375 e. The third kappa shape index (κ3) is 5.04. The molecule has 0 aromatic carbocycles. The highest BCUT2D eigenvalue weighted by Crippen LogP contribution is 2.35. The average molecular weight is 538 g/mol. The Balaban J connectivity index is 1.36. The molecule has 2 atom stereocenters. The van der Waals surface area contributed by atoms with Crippen molar-refractivity contribution in [2.75, 3.05) is 36.9 Å². The molecule has 0 unspecified atom stereocenters. The van der Waals surface area contributed by atoms with Crippen LogP contribution in [0.15, 0.2) is 29.9 Å². The summed E-state index contributed by atoms with van der Waals surface area (Å²) in [7, 11) is 0. The summed E-state index contributed by atoms with van der Waals surface area (Å²) >= 11 is 0. The van der Waals surface area contributed by atoms with Gasteiger partial charge in [-0.2, -0.15) is 5.26 Å². The van der Waals surface area contributed by atoms with Gasteiger partial charge in [0.1, 0.15) is 35.0 Å². The van der Waals surface area contributed by atoms with Gasteiger partial charge in [0.25, 0.3) is 0 Å². The number of imidazole rings is 1. The first-order valence-corrected chi connectivity index (χ1v) is 13.2. The number of rotatable bonds is 7. The molecule has 0 saturated carbocycles. The van der Waals surface area contributed by atoms with E-state index in [2.05, 4.69) is 55.3 Å². The normalized spacial score (nSPS) is 24.0. The van der Waals surface area contributed by atoms with Gasteiger partial charge in [0.2, 0.25) is 5.95 Å². The second-order valence-electron chi connectivity index (χ2n) is 10.4. The number of likely N-dealkylation sites (tertiary alicyclic amines) is 1. The van der Waals surface area contributed by atoms with E-state index in [1.807, 2.05) is 24.8 Å². The molecule has 2 fully saturated rings. The van der Waals surface area contributed by atoms with Crippen LogP contribution in [0.5, 0.6) is 0 Å². The number of allylic oxidation sites excluding steroid dienone is 4. The van der Waals surface area contributed by atoms with E-state index in [0.717, 1.165) is 17.3 Å². The molecule has 10 nitrogen and oxygen atoms in total. The van der Waals surface area contributed by atoms with Crippen molar-refractivity contribution in [1.29, 1.82) is 5.26 Å². The fourth-order valence-electron chi connectivity index (χ4n) is 5.28. The zero-order chi connectivity index (χ0) is 27.7. The SMILES string of the molecule is CC/C=C(F)\C(=C1/C=Cc2nc(C)n(C(C)C)c2N1)c1cnc(N[C@H]2CCN(C3(C#N)COC3)C[C@H]2F)nn1. The molecule has 12 heteroatoms. The highest BCUT2D eigenvalue weighted by atomic mass is 19.1. The van der Waals surface area contributed by atoms with Crippen LogP contribution in [0.1, 0.15) is 56.9 Å². The van der Waals surface area contributed by atoms with E-state index in [-0.39, 0.29) is 29.8 Å². The van der Waals surface area contributed by atoms with Crippen molar-refractivity contribution in [2.24, 2.45) is 0 Å². The standard InChI is InChI=1S/C27H33F2N9O/c1-5-6-18(28)24(21-7-8-22-25(33-21)38(16(2)3)17(4)32-22)23-11-31-26(36-35-23)34-20-9-10-37(12-19(20)29)27(13-30)14-39-15-27/h6-8,11,16,19-20,33H,5,9-10,12,14-15H2,1-4H3,(H,31,34,36)/b18-6+,24-21-/t19-,20+/m1/s1. The van der Waals surface area contributed by atoms with Crippen molar-refractivity contribution in [3.63, 3.8) is 0 Å². The fourth-order valence-corrected chi connectivity index (χ4v) is 5.28. The molecule has 39 heavy (non-hydrogen) atoms. The quantitative estimate of drug-likeness (QED) is 0.536. The van der Waals surface area contributed by atoms with E-state index in [0.29, 0.717) is 38.3 Å². The number of nitriles is 1. The summed E-state index contributed by atoms with van der Waals surface area (Å²) in [4.78, 5) is 10.8. The molecule has 0 spiro atoms. The molecule has 3 aliphatic heterocycles. The molecule has 5 heterocycles. The number of alkyl halides is 1. The molecule has 0 amide bonds. The van der Waals surface area contributed by atoms with Gasteiger partial charge >= 0.3 is 0 Å². The van der Waals surface area contributed by atoms with Crippen LogP contribution in [0.2, 0.25) is 0 Å². The number of nitrogens with one attached hydrogen (secondary N) is 2. The zero-order valence-electron chi connectivity index (χ0n) is 22.6. The maximum atomic E-state index is 15.4.